The SMILES string of the molecule is CCNC(=NCc1nncn1CC)NC1CCC(C)CC1. The van der Waals surface area contributed by atoms with Gasteiger partial charge in [-0.05, 0) is 45.4 Å². The highest BCUT2D eigenvalue weighted by molar-refractivity contribution is 5.80. The van der Waals surface area contributed by atoms with Crippen molar-refractivity contribution in [1.29, 1.82) is 0 Å². The van der Waals surface area contributed by atoms with Crippen molar-refractivity contribution >= 4 is 5.96 Å². The fourth-order valence-corrected chi connectivity index (χ4v) is 2.73. The number of nitrogens with zero attached hydrogens (tertiary/aromatic N) is 4. The summed E-state index contributed by atoms with van der Waals surface area (Å²) in [5.74, 6) is 2.67. The second kappa shape index (κ2) is 8.00. The van der Waals surface area contributed by atoms with Gasteiger partial charge in [-0.1, -0.05) is 6.92 Å². The topological polar surface area (TPSA) is 67.1 Å². The number of hydrogen-bond donors (Lipinski definition) is 2. The summed E-state index contributed by atoms with van der Waals surface area (Å²) >= 11 is 0. The Hall–Kier alpha value is -1.59. The molecule has 1 aromatic heterocycles. The van der Waals surface area contributed by atoms with E-state index in [0.717, 1.165) is 30.8 Å². The van der Waals surface area contributed by atoms with E-state index in [2.05, 4.69) is 46.6 Å². The molecule has 1 aliphatic carbocycles. The quantitative estimate of drug-likeness (QED) is 0.643. The minimum Gasteiger partial charge on any atom is -0.357 e. The summed E-state index contributed by atoms with van der Waals surface area (Å²) in [7, 11) is 0. The zero-order valence-electron chi connectivity index (χ0n) is 13.5. The van der Waals surface area contributed by atoms with Gasteiger partial charge in [-0.3, -0.25) is 0 Å². The summed E-state index contributed by atoms with van der Waals surface area (Å²) in [5.41, 5.74) is 0. The van der Waals surface area contributed by atoms with Crippen molar-refractivity contribution < 1.29 is 0 Å². The molecule has 1 aromatic rings. The van der Waals surface area contributed by atoms with Crippen LogP contribution < -0.4 is 10.6 Å². The average Bonchev–Trinajstić information content (AvgIpc) is 2.95. The zero-order chi connectivity index (χ0) is 15.1. The minimum absolute atomic E-state index is 0.544. The van der Waals surface area contributed by atoms with E-state index in [-0.39, 0.29) is 0 Å². The summed E-state index contributed by atoms with van der Waals surface area (Å²) in [6.07, 6.45) is 6.84. The van der Waals surface area contributed by atoms with Gasteiger partial charge >= 0.3 is 0 Å². The van der Waals surface area contributed by atoms with Gasteiger partial charge in [0.1, 0.15) is 12.9 Å². The first-order valence-corrected chi connectivity index (χ1v) is 8.14. The van der Waals surface area contributed by atoms with Crippen molar-refractivity contribution in [2.24, 2.45) is 10.9 Å². The predicted molar refractivity (Wildman–Crippen MR) is 85.1 cm³/mol. The number of aryl methyl sites for hydroxylation is 1. The third kappa shape index (κ3) is 4.72. The van der Waals surface area contributed by atoms with Crippen LogP contribution in [0.15, 0.2) is 11.3 Å². The van der Waals surface area contributed by atoms with Gasteiger partial charge in [0.05, 0.1) is 0 Å². The molecule has 0 aromatic carbocycles. The van der Waals surface area contributed by atoms with Gasteiger partial charge in [0.25, 0.3) is 0 Å². The van der Waals surface area contributed by atoms with E-state index in [1.165, 1.54) is 25.7 Å². The van der Waals surface area contributed by atoms with E-state index in [1.807, 2.05) is 4.57 Å². The lowest BCUT2D eigenvalue weighted by Gasteiger charge is -2.28. The Kier molecular flexibility index (Phi) is 6.02. The van der Waals surface area contributed by atoms with Crippen LogP contribution in [0.2, 0.25) is 0 Å². The molecule has 0 unspecified atom stereocenters. The van der Waals surface area contributed by atoms with Crippen LogP contribution in [0.5, 0.6) is 0 Å². The van der Waals surface area contributed by atoms with Gasteiger partial charge in [-0.25, -0.2) is 4.99 Å². The fraction of sp³-hybridized carbons (Fsp3) is 0.800. The fourth-order valence-electron chi connectivity index (χ4n) is 2.73. The van der Waals surface area contributed by atoms with Gasteiger partial charge < -0.3 is 15.2 Å². The Morgan fingerprint density at radius 1 is 1.33 bits per heavy atom. The molecule has 21 heavy (non-hydrogen) atoms. The van der Waals surface area contributed by atoms with Crippen LogP contribution in [-0.2, 0) is 13.1 Å². The molecule has 118 valence electrons. The van der Waals surface area contributed by atoms with Gasteiger partial charge in [-0.2, -0.15) is 0 Å². The molecule has 0 saturated heterocycles. The molecule has 6 nitrogen and oxygen atoms in total. The van der Waals surface area contributed by atoms with Crippen molar-refractivity contribution in [2.75, 3.05) is 6.54 Å². The molecule has 6 heteroatoms. The van der Waals surface area contributed by atoms with Crippen LogP contribution in [0, 0.1) is 5.92 Å². The van der Waals surface area contributed by atoms with Crippen molar-refractivity contribution in [2.45, 2.75) is 65.6 Å². The molecule has 0 bridgehead atoms. The molecular formula is C15H28N6. The summed E-state index contributed by atoms with van der Waals surface area (Å²) < 4.78 is 2.02. The average molecular weight is 292 g/mol. The van der Waals surface area contributed by atoms with Crippen molar-refractivity contribution in [3.8, 4) is 0 Å². The molecule has 0 radical (unpaired) electrons. The lowest BCUT2D eigenvalue weighted by atomic mass is 9.87. The van der Waals surface area contributed by atoms with E-state index in [4.69, 9.17) is 0 Å². The second-order valence-electron chi connectivity index (χ2n) is 5.83. The monoisotopic (exact) mass is 292 g/mol. The number of aliphatic imine (C=N–C) groups is 1. The zero-order valence-corrected chi connectivity index (χ0v) is 13.5. The summed E-state index contributed by atoms with van der Waals surface area (Å²) in [6.45, 7) is 8.83. The van der Waals surface area contributed by atoms with Gasteiger partial charge in [-0.15, -0.1) is 10.2 Å². The third-order valence-electron chi connectivity index (χ3n) is 4.12. The molecule has 1 heterocycles. The molecule has 1 saturated carbocycles. The van der Waals surface area contributed by atoms with E-state index >= 15 is 0 Å². The third-order valence-corrected chi connectivity index (χ3v) is 4.12. The summed E-state index contributed by atoms with van der Waals surface area (Å²) in [5, 5.41) is 15.0. The van der Waals surface area contributed by atoms with Crippen LogP contribution in [-0.4, -0.2) is 33.3 Å². The van der Waals surface area contributed by atoms with Gasteiger partial charge in [0, 0.05) is 19.1 Å². The number of hydrogen-bond acceptors (Lipinski definition) is 3. The summed E-state index contributed by atoms with van der Waals surface area (Å²) in [6, 6.07) is 0.544. The first-order chi connectivity index (χ1) is 10.2. The maximum Gasteiger partial charge on any atom is 0.191 e. The number of rotatable bonds is 5. The molecule has 2 rings (SSSR count). The maximum atomic E-state index is 4.65. The Morgan fingerprint density at radius 3 is 2.76 bits per heavy atom. The highest BCUT2D eigenvalue weighted by atomic mass is 15.3. The van der Waals surface area contributed by atoms with Crippen LogP contribution in [0.1, 0.15) is 52.3 Å². The molecular weight excluding hydrogens is 264 g/mol. The summed E-state index contributed by atoms with van der Waals surface area (Å²) in [4.78, 5) is 4.65. The second-order valence-corrected chi connectivity index (χ2v) is 5.83. The largest absolute Gasteiger partial charge is 0.357 e. The molecule has 2 N–H and O–H groups in total. The Morgan fingerprint density at radius 2 is 2.10 bits per heavy atom. The first kappa shape index (κ1) is 15.8. The van der Waals surface area contributed by atoms with Crippen LogP contribution in [0.25, 0.3) is 0 Å². The van der Waals surface area contributed by atoms with Crippen molar-refractivity contribution in [1.82, 2.24) is 25.4 Å². The number of aromatic nitrogens is 3. The van der Waals surface area contributed by atoms with E-state index < -0.39 is 0 Å². The molecule has 0 amide bonds. The van der Waals surface area contributed by atoms with Crippen molar-refractivity contribution in [3.63, 3.8) is 0 Å². The normalized spacial score (nSPS) is 23.1. The highest BCUT2D eigenvalue weighted by Crippen LogP contribution is 2.23. The molecule has 1 aliphatic rings. The molecule has 0 atom stereocenters. The van der Waals surface area contributed by atoms with E-state index in [1.54, 1.807) is 6.33 Å². The van der Waals surface area contributed by atoms with E-state index in [0.29, 0.717) is 12.6 Å². The minimum atomic E-state index is 0.544. The standard InChI is InChI=1S/C15H28N6/c1-4-16-15(19-13-8-6-12(3)7-9-13)17-10-14-20-18-11-21(14)5-2/h11-13H,4-10H2,1-3H3,(H2,16,17,19). The number of nitrogens with one attached hydrogen (secondary N) is 2. The van der Waals surface area contributed by atoms with Crippen LogP contribution in [0.4, 0.5) is 0 Å². The van der Waals surface area contributed by atoms with Crippen LogP contribution >= 0.6 is 0 Å². The Balaban J connectivity index is 1.92. The first-order valence-electron chi connectivity index (χ1n) is 8.14. The maximum absolute atomic E-state index is 4.65. The van der Waals surface area contributed by atoms with E-state index in [9.17, 15) is 0 Å². The molecule has 1 fully saturated rings. The van der Waals surface area contributed by atoms with Crippen molar-refractivity contribution in [3.05, 3.63) is 12.2 Å². The smallest absolute Gasteiger partial charge is 0.191 e. The molecule has 0 aliphatic heterocycles. The lowest BCUT2D eigenvalue weighted by Crippen LogP contribution is -2.44. The number of guanidine groups is 1. The lowest BCUT2D eigenvalue weighted by molar-refractivity contribution is 0.329. The van der Waals surface area contributed by atoms with Crippen LogP contribution in [0.3, 0.4) is 0 Å². The Labute approximate surface area is 127 Å². The highest BCUT2D eigenvalue weighted by Gasteiger charge is 2.18. The molecule has 0 spiro atoms. The Bertz CT molecular complexity index is 445. The van der Waals surface area contributed by atoms with Gasteiger partial charge in [0.15, 0.2) is 11.8 Å². The predicted octanol–water partition coefficient (Wildman–Crippen LogP) is 1.93. The van der Waals surface area contributed by atoms with Gasteiger partial charge in [0.2, 0.25) is 0 Å².